The second-order valence-corrected chi connectivity index (χ2v) is 2.72. The van der Waals surface area contributed by atoms with Gasteiger partial charge < -0.3 is 4.84 Å². The van der Waals surface area contributed by atoms with Crippen LogP contribution in [0.2, 0.25) is 0 Å². The Kier molecular flexibility index (Phi) is 2.86. The minimum Gasteiger partial charge on any atom is -0.399 e. The first-order valence-corrected chi connectivity index (χ1v) is 3.88. The molecule has 0 bridgehead atoms. The number of benzene rings is 1. The van der Waals surface area contributed by atoms with Crippen LogP contribution >= 0.6 is 0 Å². The zero-order chi connectivity index (χ0) is 8.97. The molecule has 0 unspecified atom stereocenters. The van der Waals surface area contributed by atoms with E-state index in [1.807, 2.05) is 6.07 Å². The van der Waals surface area contributed by atoms with Crippen molar-refractivity contribution in [3.63, 3.8) is 0 Å². The molecule has 0 radical (unpaired) electrons. The average molecular weight is 163 g/mol. The van der Waals surface area contributed by atoms with E-state index in [-0.39, 0.29) is 0 Å². The van der Waals surface area contributed by atoms with Gasteiger partial charge in [-0.3, -0.25) is 0 Å². The molecule has 0 N–H and O–H groups in total. The summed E-state index contributed by atoms with van der Waals surface area (Å²) in [6.07, 6.45) is 1.74. The maximum Gasteiger partial charge on any atom is 0.106 e. The lowest BCUT2D eigenvalue weighted by molar-refractivity contribution is 0.215. The lowest BCUT2D eigenvalue weighted by Crippen LogP contribution is -1.91. The quantitative estimate of drug-likeness (QED) is 0.484. The molecule has 2 heteroatoms. The molecule has 0 atom stereocenters. The van der Waals surface area contributed by atoms with Crippen molar-refractivity contribution in [2.24, 2.45) is 5.16 Å². The number of hydrogen-bond donors (Lipinski definition) is 0. The van der Waals surface area contributed by atoms with E-state index in [4.69, 9.17) is 0 Å². The Morgan fingerprint density at radius 1 is 1.25 bits per heavy atom. The highest BCUT2D eigenvalue weighted by molar-refractivity contribution is 5.83. The van der Waals surface area contributed by atoms with E-state index in [0.717, 1.165) is 5.56 Å². The summed E-state index contributed by atoms with van der Waals surface area (Å²) in [4.78, 5) is 4.63. The van der Waals surface area contributed by atoms with Crippen molar-refractivity contribution in [3.8, 4) is 0 Å². The molecule has 0 aromatic heterocycles. The van der Waals surface area contributed by atoms with Crippen LogP contribution < -0.4 is 0 Å². The van der Waals surface area contributed by atoms with Gasteiger partial charge in [0.15, 0.2) is 0 Å². The van der Waals surface area contributed by atoms with Gasteiger partial charge in [-0.2, -0.15) is 0 Å². The van der Waals surface area contributed by atoms with Crippen LogP contribution in [0.5, 0.6) is 0 Å². The van der Waals surface area contributed by atoms with Crippen molar-refractivity contribution in [1.82, 2.24) is 0 Å². The normalized spacial score (nSPS) is 10.6. The fourth-order valence-electron chi connectivity index (χ4n) is 1.14. The second-order valence-electron chi connectivity index (χ2n) is 2.72. The van der Waals surface area contributed by atoms with E-state index < -0.39 is 0 Å². The summed E-state index contributed by atoms with van der Waals surface area (Å²) < 4.78 is 0. The maximum absolute atomic E-state index is 4.63. The highest BCUT2D eigenvalue weighted by Crippen LogP contribution is 2.10. The molecule has 0 aliphatic heterocycles. The Morgan fingerprint density at radius 3 is 2.33 bits per heavy atom. The highest BCUT2D eigenvalue weighted by atomic mass is 16.6. The summed E-state index contributed by atoms with van der Waals surface area (Å²) in [5.74, 6) is 0. The maximum atomic E-state index is 4.63. The molecule has 0 heterocycles. The predicted molar refractivity (Wildman–Crippen MR) is 50.5 cm³/mol. The molecule has 0 fully saturated rings. The van der Waals surface area contributed by atoms with E-state index in [0.29, 0.717) is 0 Å². The summed E-state index contributed by atoms with van der Waals surface area (Å²) in [5.41, 5.74) is 3.57. The van der Waals surface area contributed by atoms with E-state index in [1.165, 1.54) is 11.1 Å². The van der Waals surface area contributed by atoms with Crippen molar-refractivity contribution < 1.29 is 4.84 Å². The SMILES string of the molecule is CO/N=C/c1c(C)cccc1C. The van der Waals surface area contributed by atoms with Gasteiger partial charge >= 0.3 is 0 Å². The van der Waals surface area contributed by atoms with Crippen molar-refractivity contribution in [2.75, 3.05) is 7.11 Å². The minimum atomic E-state index is 1.14. The molecular weight excluding hydrogens is 150 g/mol. The molecule has 0 spiro atoms. The van der Waals surface area contributed by atoms with Crippen LogP contribution in [0, 0.1) is 13.8 Å². The van der Waals surface area contributed by atoms with Gasteiger partial charge in [-0.1, -0.05) is 23.4 Å². The Bertz CT molecular complexity index is 272. The Hall–Kier alpha value is -1.31. The highest BCUT2D eigenvalue weighted by Gasteiger charge is 1.97. The smallest absolute Gasteiger partial charge is 0.106 e. The molecule has 0 saturated carbocycles. The Labute approximate surface area is 72.9 Å². The third-order valence-electron chi connectivity index (χ3n) is 1.83. The van der Waals surface area contributed by atoms with Gasteiger partial charge in [-0.25, -0.2) is 0 Å². The van der Waals surface area contributed by atoms with Gasteiger partial charge in [0.1, 0.15) is 7.11 Å². The first-order chi connectivity index (χ1) is 5.75. The van der Waals surface area contributed by atoms with Crippen LogP contribution in [-0.4, -0.2) is 13.3 Å². The zero-order valence-corrected chi connectivity index (χ0v) is 7.66. The standard InChI is InChI=1S/C10H13NO/c1-8-5-4-6-9(2)10(8)7-11-12-3/h4-7H,1-3H3/b11-7+. The van der Waals surface area contributed by atoms with Crippen LogP contribution in [0.4, 0.5) is 0 Å². The molecule has 1 aromatic rings. The third-order valence-corrected chi connectivity index (χ3v) is 1.83. The average Bonchev–Trinajstić information content (AvgIpc) is 2.04. The summed E-state index contributed by atoms with van der Waals surface area (Å²) in [6, 6.07) is 6.16. The van der Waals surface area contributed by atoms with Crippen molar-refractivity contribution >= 4 is 6.21 Å². The molecule has 1 rings (SSSR count). The molecule has 64 valence electrons. The van der Waals surface area contributed by atoms with Crippen LogP contribution in [-0.2, 0) is 4.84 Å². The number of oxime groups is 1. The molecule has 12 heavy (non-hydrogen) atoms. The second kappa shape index (κ2) is 3.90. The fraction of sp³-hybridized carbons (Fsp3) is 0.300. The zero-order valence-electron chi connectivity index (χ0n) is 7.66. The minimum absolute atomic E-state index is 1.14. The van der Waals surface area contributed by atoms with Crippen molar-refractivity contribution in [1.29, 1.82) is 0 Å². The van der Waals surface area contributed by atoms with Gasteiger partial charge in [0.05, 0.1) is 6.21 Å². The van der Waals surface area contributed by atoms with Crippen molar-refractivity contribution in [2.45, 2.75) is 13.8 Å². The number of nitrogens with zero attached hydrogens (tertiary/aromatic N) is 1. The molecule has 0 aliphatic rings. The number of hydrogen-bond acceptors (Lipinski definition) is 2. The fourth-order valence-corrected chi connectivity index (χ4v) is 1.14. The lowest BCUT2D eigenvalue weighted by Gasteiger charge is -2.02. The molecule has 1 aromatic carbocycles. The van der Waals surface area contributed by atoms with Gasteiger partial charge in [-0.05, 0) is 25.0 Å². The monoisotopic (exact) mass is 163 g/mol. The van der Waals surface area contributed by atoms with Gasteiger partial charge in [-0.15, -0.1) is 0 Å². The van der Waals surface area contributed by atoms with E-state index in [2.05, 4.69) is 36.0 Å². The molecule has 0 saturated heterocycles. The molecule has 0 amide bonds. The van der Waals surface area contributed by atoms with E-state index in [1.54, 1.807) is 13.3 Å². The van der Waals surface area contributed by atoms with Crippen LogP contribution in [0.15, 0.2) is 23.4 Å². The first-order valence-electron chi connectivity index (χ1n) is 3.88. The van der Waals surface area contributed by atoms with E-state index in [9.17, 15) is 0 Å². The lowest BCUT2D eigenvalue weighted by atomic mass is 10.0. The summed E-state index contributed by atoms with van der Waals surface area (Å²) in [5, 5.41) is 3.74. The number of aryl methyl sites for hydroxylation is 2. The summed E-state index contributed by atoms with van der Waals surface area (Å²) in [7, 11) is 1.55. The van der Waals surface area contributed by atoms with Crippen LogP contribution in [0.3, 0.4) is 0 Å². The Balaban J connectivity index is 3.04. The van der Waals surface area contributed by atoms with Gasteiger partial charge in [0.25, 0.3) is 0 Å². The number of rotatable bonds is 2. The van der Waals surface area contributed by atoms with E-state index >= 15 is 0 Å². The van der Waals surface area contributed by atoms with Crippen LogP contribution in [0.25, 0.3) is 0 Å². The van der Waals surface area contributed by atoms with Gasteiger partial charge in [0, 0.05) is 5.56 Å². The third kappa shape index (κ3) is 1.84. The largest absolute Gasteiger partial charge is 0.399 e. The predicted octanol–water partition coefficient (Wildman–Crippen LogP) is 2.28. The van der Waals surface area contributed by atoms with Gasteiger partial charge in [0.2, 0.25) is 0 Å². The first kappa shape index (κ1) is 8.78. The topological polar surface area (TPSA) is 21.6 Å². The molecule has 2 nitrogen and oxygen atoms in total. The molecule has 0 aliphatic carbocycles. The van der Waals surface area contributed by atoms with Crippen LogP contribution in [0.1, 0.15) is 16.7 Å². The Morgan fingerprint density at radius 2 is 1.83 bits per heavy atom. The molecular formula is C10H13NO. The van der Waals surface area contributed by atoms with Crippen molar-refractivity contribution in [3.05, 3.63) is 34.9 Å². The summed E-state index contributed by atoms with van der Waals surface area (Å²) >= 11 is 0. The summed E-state index contributed by atoms with van der Waals surface area (Å²) in [6.45, 7) is 4.12.